The summed E-state index contributed by atoms with van der Waals surface area (Å²) in [6.07, 6.45) is 1.04. The highest BCUT2D eigenvalue weighted by Gasteiger charge is 2.23. The molecule has 2 rings (SSSR count). The Bertz CT molecular complexity index is 422. The largest absolute Gasteiger partial charge is 0.396 e. The molecule has 1 saturated heterocycles. The lowest BCUT2D eigenvalue weighted by Crippen LogP contribution is -2.23. The van der Waals surface area contributed by atoms with Crippen LogP contribution in [0.4, 0.5) is 11.6 Å². The molecule has 1 atom stereocenters. The van der Waals surface area contributed by atoms with Gasteiger partial charge in [-0.25, -0.2) is 9.97 Å². The minimum atomic E-state index is 0.263. The lowest BCUT2D eigenvalue weighted by Gasteiger charge is -2.19. The topological polar surface area (TPSA) is 61.3 Å². The molecule has 1 unspecified atom stereocenters. The summed E-state index contributed by atoms with van der Waals surface area (Å²) in [4.78, 5) is 11.4. The summed E-state index contributed by atoms with van der Waals surface area (Å²) in [6, 6.07) is 2.01. The van der Waals surface area contributed by atoms with Crippen molar-refractivity contribution in [3.05, 3.63) is 11.9 Å². The Morgan fingerprint density at radius 2 is 2.26 bits per heavy atom. The number of aromatic nitrogens is 2. The molecule has 0 aromatic carbocycles. The second-order valence-electron chi connectivity index (χ2n) is 5.44. The monoisotopic (exact) mass is 264 g/mol. The van der Waals surface area contributed by atoms with Gasteiger partial charge in [-0.2, -0.15) is 0 Å². The Morgan fingerprint density at radius 3 is 2.84 bits per heavy atom. The van der Waals surface area contributed by atoms with Crippen LogP contribution in [-0.4, -0.2) is 41.3 Å². The molecule has 0 radical (unpaired) electrons. The third-order valence-corrected chi connectivity index (χ3v) is 3.47. The second-order valence-corrected chi connectivity index (χ2v) is 5.44. The highest BCUT2D eigenvalue weighted by atomic mass is 16.3. The van der Waals surface area contributed by atoms with E-state index in [9.17, 15) is 5.11 Å². The van der Waals surface area contributed by atoms with E-state index in [4.69, 9.17) is 0 Å². The van der Waals surface area contributed by atoms with E-state index >= 15 is 0 Å². The van der Waals surface area contributed by atoms with Crippen LogP contribution in [0.2, 0.25) is 0 Å². The zero-order valence-corrected chi connectivity index (χ0v) is 12.1. The fraction of sp³-hybridized carbons (Fsp3) is 0.714. The van der Waals surface area contributed by atoms with Crippen LogP contribution in [0.25, 0.3) is 0 Å². The summed E-state index contributed by atoms with van der Waals surface area (Å²) in [7, 11) is 0. The number of hydrogen-bond donors (Lipinski definition) is 2. The molecule has 2 heterocycles. The first-order valence-electron chi connectivity index (χ1n) is 7.12. The molecule has 1 aliphatic heterocycles. The molecule has 1 aliphatic rings. The number of nitrogens with one attached hydrogen (secondary N) is 1. The molecule has 0 spiro atoms. The summed E-state index contributed by atoms with van der Waals surface area (Å²) >= 11 is 0. The van der Waals surface area contributed by atoms with Gasteiger partial charge in [-0.05, 0) is 13.3 Å². The fourth-order valence-electron chi connectivity index (χ4n) is 2.33. The van der Waals surface area contributed by atoms with Gasteiger partial charge < -0.3 is 15.3 Å². The van der Waals surface area contributed by atoms with Gasteiger partial charge in [0.2, 0.25) is 0 Å². The molecule has 5 nitrogen and oxygen atoms in total. The van der Waals surface area contributed by atoms with Crippen molar-refractivity contribution < 1.29 is 5.11 Å². The first-order chi connectivity index (χ1) is 9.13. The fourth-order valence-corrected chi connectivity index (χ4v) is 2.33. The Labute approximate surface area is 115 Å². The Balaban J connectivity index is 2.23. The van der Waals surface area contributed by atoms with Gasteiger partial charge in [0.1, 0.15) is 17.5 Å². The van der Waals surface area contributed by atoms with E-state index < -0.39 is 0 Å². The molecule has 0 bridgehead atoms. The maximum Gasteiger partial charge on any atom is 0.135 e. The first kappa shape index (κ1) is 14.1. The molecule has 1 aromatic heterocycles. The van der Waals surface area contributed by atoms with E-state index in [0.717, 1.165) is 43.5 Å². The molecule has 0 saturated carbocycles. The standard InChI is InChI=1S/C14H24N4O/c1-4-15-12-7-13(17-14(16-12)10(2)3)18-6-5-11(8-18)9-19/h7,10-11,19H,4-6,8-9H2,1-3H3,(H,15,16,17). The van der Waals surface area contributed by atoms with E-state index in [1.54, 1.807) is 0 Å². The molecule has 106 valence electrons. The van der Waals surface area contributed by atoms with Crippen LogP contribution in [0.1, 0.15) is 38.9 Å². The van der Waals surface area contributed by atoms with Crippen LogP contribution < -0.4 is 10.2 Å². The number of rotatable bonds is 5. The van der Waals surface area contributed by atoms with Gasteiger partial charge >= 0.3 is 0 Å². The van der Waals surface area contributed by atoms with Crippen molar-refractivity contribution in [2.24, 2.45) is 5.92 Å². The molecular weight excluding hydrogens is 240 g/mol. The summed E-state index contributed by atoms with van der Waals surface area (Å²) in [5.41, 5.74) is 0. The minimum absolute atomic E-state index is 0.263. The lowest BCUT2D eigenvalue weighted by atomic mass is 10.1. The maximum atomic E-state index is 9.24. The van der Waals surface area contributed by atoms with Crippen molar-refractivity contribution >= 4 is 11.6 Å². The summed E-state index contributed by atoms with van der Waals surface area (Å²) < 4.78 is 0. The third kappa shape index (κ3) is 3.35. The SMILES string of the molecule is CCNc1cc(N2CCC(CO)C2)nc(C(C)C)n1. The van der Waals surface area contributed by atoms with E-state index in [2.05, 4.69) is 41.0 Å². The predicted octanol–water partition coefficient (Wildman–Crippen LogP) is 1.85. The van der Waals surface area contributed by atoms with Crippen molar-refractivity contribution in [2.75, 3.05) is 36.5 Å². The van der Waals surface area contributed by atoms with Gasteiger partial charge in [-0.3, -0.25) is 0 Å². The number of aliphatic hydroxyl groups excluding tert-OH is 1. The van der Waals surface area contributed by atoms with Gasteiger partial charge in [-0.1, -0.05) is 13.8 Å². The van der Waals surface area contributed by atoms with Crippen LogP contribution in [0, 0.1) is 5.92 Å². The average Bonchev–Trinajstić information content (AvgIpc) is 2.87. The summed E-state index contributed by atoms with van der Waals surface area (Å²) in [5.74, 6) is 3.43. The maximum absolute atomic E-state index is 9.24. The van der Waals surface area contributed by atoms with Crippen molar-refractivity contribution in [1.82, 2.24) is 9.97 Å². The first-order valence-corrected chi connectivity index (χ1v) is 7.12. The van der Waals surface area contributed by atoms with Crippen molar-refractivity contribution in [3.63, 3.8) is 0 Å². The number of hydrogen-bond acceptors (Lipinski definition) is 5. The average molecular weight is 264 g/mol. The summed E-state index contributed by atoms with van der Waals surface area (Å²) in [5, 5.41) is 12.5. The van der Waals surface area contributed by atoms with Crippen LogP contribution in [0.5, 0.6) is 0 Å². The Kier molecular flexibility index (Phi) is 4.58. The van der Waals surface area contributed by atoms with Crippen LogP contribution >= 0.6 is 0 Å². The third-order valence-electron chi connectivity index (χ3n) is 3.47. The minimum Gasteiger partial charge on any atom is -0.396 e. The van der Waals surface area contributed by atoms with Gasteiger partial charge in [-0.15, -0.1) is 0 Å². The van der Waals surface area contributed by atoms with Gasteiger partial charge in [0.05, 0.1) is 0 Å². The Morgan fingerprint density at radius 1 is 1.47 bits per heavy atom. The van der Waals surface area contributed by atoms with E-state index in [1.807, 2.05) is 6.07 Å². The van der Waals surface area contributed by atoms with Crippen LogP contribution in [-0.2, 0) is 0 Å². The molecule has 5 heteroatoms. The molecule has 0 amide bonds. The molecular formula is C14H24N4O. The molecule has 1 fully saturated rings. The Hall–Kier alpha value is -1.36. The number of nitrogens with zero attached hydrogens (tertiary/aromatic N) is 3. The highest BCUT2D eigenvalue weighted by molar-refractivity contribution is 5.50. The van der Waals surface area contributed by atoms with E-state index in [0.29, 0.717) is 11.8 Å². The zero-order valence-electron chi connectivity index (χ0n) is 12.1. The molecule has 2 N–H and O–H groups in total. The van der Waals surface area contributed by atoms with Gasteiger partial charge in [0.25, 0.3) is 0 Å². The van der Waals surface area contributed by atoms with Gasteiger partial charge in [0, 0.05) is 44.1 Å². The molecule has 0 aliphatic carbocycles. The normalized spacial score (nSPS) is 19.2. The van der Waals surface area contributed by atoms with Crippen LogP contribution in [0.15, 0.2) is 6.07 Å². The van der Waals surface area contributed by atoms with Crippen molar-refractivity contribution in [2.45, 2.75) is 33.1 Å². The van der Waals surface area contributed by atoms with E-state index in [-0.39, 0.29) is 6.61 Å². The summed E-state index contributed by atoms with van der Waals surface area (Å²) in [6.45, 7) is 9.24. The lowest BCUT2D eigenvalue weighted by molar-refractivity contribution is 0.238. The highest BCUT2D eigenvalue weighted by Crippen LogP contribution is 2.25. The second kappa shape index (κ2) is 6.19. The zero-order chi connectivity index (χ0) is 13.8. The van der Waals surface area contributed by atoms with Crippen LogP contribution in [0.3, 0.4) is 0 Å². The number of anilines is 2. The van der Waals surface area contributed by atoms with Crippen molar-refractivity contribution in [3.8, 4) is 0 Å². The molecule has 1 aromatic rings. The predicted molar refractivity (Wildman–Crippen MR) is 77.7 cm³/mol. The van der Waals surface area contributed by atoms with E-state index in [1.165, 1.54) is 0 Å². The van der Waals surface area contributed by atoms with Crippen molar-refractivity contribution in [1.29, 1.82) is 0 Å². The quantitative estimate of drug-likeness (QED) is 0.850. The smallest absolute Gasteiger partial charge is 0.135 e. The van der Waals surface area contributed by atoms with Gasteiger partial charge in [0.15, 0.2) is 0 Å². The number of aliphatic hydroxyl groups is 1. The molecule has 19 heavy (non-hydrogen) atoms.